The fourth-order valence-corrected chi connectivity index (χ4v) is 3.62. The van der Waals surface area contributed by atoms with Crippen LogP contribution in [0, 0.1) is 0 Å². The fraction of sp³-hybridized carbons (Fsp3) is 0.333. The Morgan fingerprint density at radius 2 is 1.89 bits per heavy atom. The molecule has 0 unspecified atom stereocenters. The summed E-state index contributed by atoms with van der Waals surface area (Å²) in [6.45, 7) is 4.35. The quantitative estimate of drug-likeness (QED) is 0.826. The van der Waals surface area contributed by atoms with Crippen molar-refractivity contribution >= 4 is 29.1 Å². The number of likely N-dealkylation sites (N-methyl/N-ethyl adjacent to an activating group) is 1. The molecule has 0 aliphatic carbocycles. The number of hydrogen-bond acceptors (Lipinski definition) is 6. The second kappa shape index (κ2) is 7.50. The molecule has 0 bridgehead atoms. The summed E-state index contributed by atoms with van der Waals surface area (Å²) in [4.78, 5) is 13.7. The van der Waals surface area contributed by atoms with E-state index < -0.39 is 0 Å². The molecule has 0 amide bonds. The number of aliphatic imine (C=N–C) groups is 2. The van der Waals surface area contributed by atoms with Crippen LogP contribution < -0.4 is 16.4 Å². The number of anilines is 1. The summed E-state index contributed by atoms with van der Waals surface area (Å²) in [5.74, 6) is 0.690. The smallest absolute Gasteiger partial charge is 0.104 e. The third-order valence-corrected chi connectivity index (χ3v) is 5.17. The lowest BCUT2D eigenvalue weighted by molar-refractivity contribution is 0.350. The van der Waals surface area contributed by atoms with Gasteiger partial charge in [0.25, 0.3) is 0 Å². The van der Waals surface area contributed by atoms with Gasteiger partial charge in [-0.3, -0.25) is 4.99 Å². The van der Waals surface area contributed by atoms with E-state index in [1.54, 1.807) is 0 Å². The van der Waals surface area contributed by atoms with Gasteiger partial charge in [0.15, 0.2) is 0 Å². The fourth-order valence-electron chi connectivity index (χ4n) is 3.62. The van der Waals surface area contributed by atoms with Crippen LogP contribution in [0.15, 0.2) is 46.4 Å². The predicted molar refractivity (Wildman–Crippen MR) is 114 cm³/mol. The van der Waals surface area contributed by atoms with Crippen LogP contribution in [0.5, 0.6) is 0 Å². The van der Waals surface area contributed by atoms with Gasteiger partial charge in [0.1, 0.15) is 5.84 Å². The molecule has 2 heterocycles. The van der Waals surface area contributed by atoms with Crippen molar-refractivity contribution in [3.8, 4) is 11.1 Å². The molecule has 140 valence electrons. The molecule has 2 aliphatic rings. The van der Waals surface area contributed by atoms with Gasteiger partial charge < -0.3 is 21.3 Å². The molecule has 0 spiro atoms. The number of benzene rings is 2. The van der Waals surface area contributed by atoms with Crippen LogP contribution in [-0.2, 0) is 6.42 Å². The van der Waals surface area contributed by atoms with Crippen LogP contribution in [0.25, 0.3) is 11.1 Å². The lowest BCUT2D eigenvalue weighted by atomic mass is 10.0. The van der Waals surface area contributed by atoms with E-state index in [9.17, 15) is 0 Å². The summed E-state index contributed by atoms with van der Waals surface area (Å²) in [5.41, 5.74) is 18.3. The molecule has 2 aliphatic heterocycles. The summed E-state index contributed by atoms with van der Waals surface area (Å²) in [7, 11) is 2.11. The first-order valence-corrected chi connectivity index (χ1v) is 9.40. The number of hydrogen-bond donors (Lipinski definition) is 2. The van der Waals surface area contributed by atoms with Crippen molar-refractivity contribution in [2.75, 3.05) is 44.7 Å². The van der Waals surface area contributed by atoms with Crippen LogP contribution in [0.2, 0.25) is 0 Å². The second-order valence-electron chi connectivity index (χ2n) is 7.18. The summed E-state index contributed by atoms with van der Waals surface area (Å²) < 4.78 is 0. The molecular weight excluding hydrogens is 336 g/mol. The van der Waals surface area contributed by atoms with Gasteiger partial charge in [0.2, 0.25) is 0 Å². The van der Waals surface area contributed by atoms with Crippen LogP contribution in [0.4, 0.5) is 17.1 Å². The van der Waals surface area contributed by atoms with Crippen LogP contribution in [0.3, 0.4) is 0 Å². The number of nitrogens with two attached hydrogens (primary N) is 2. The molecule has 6 nitrogen and oxygen atoms in total. The standard InChI is InChI=1S/C21H26N6/c1-26(8-6-22)10-11-27-9-7-24-18-5-4-16(13-20(18)27)15-2-3-17-14-21(23)25-19(17)12-15/h2-5,7,12-13H,6,8-11,14,22H2,1H3,(H2,23,25). The van der Waals surface area contributed by atoms with Crippen molar-refractivity contribution in [1.29, 1.82) is 0 Å². The molecule has 6 heteroatoms. The Morgan fingerprint density at radius 3 is 2.74 bits per heavy atom. The maximum Gasteiger partial charge on any atom is 0.104 e. The first-order chi connectivity index (χ1) is 13.1. The van der Waals surface area contributed by atoms with Gasteiger partial charge in [-0.2, -0.15) is 0 Å². The first kappa shape index (κ1) is 17.7. The first-order valence-electron chi connectivity index (χ1n) is 9.40. The van der Waals surface area contributed by atoms with Gasteiger partial charge in [-0.25, -0.2) is 4.99 Å². The van der Waals surface area contributed by atoms with Crippen LogP contribution in [0.1, 0.15) is 5.56 Å². The second-order valence-corrected chi connectivity index (χ2v) is 7.18. The lowest BCUT2D eigenvalue weighted by Crippen LogP contribution is -2.37. The Kier molecular flexibility index (Phi) is 4.92. The molecule has 0 atom stereocenters. The molecule has 4 rings (SSSR count). The lowest BCUT2D eigenvalue weighted by Gasteiger charge is -2.29. The van der Waals surface area contributed by atoms with E-state index in [1.165, 1.54) is 16.8 Å². The topological polar surface area (TPSA) is 83.2 Å². The highest BCUT2D eigenvalue weighted by atomic mass is 15.2. The van der Waals surface area contributed by atoms with Crippen LogP contribution in [-0.4, -0.2) is 56.7 Å². The maximum atomic E-state index is 5.88. The maximum absolute atomic E-state index is 5.88. The molecular formula is C21H26N6. The normalized spacial score (nSPS) is 15.1. The Morgan fingerprint density at radius 1 is 1.07 bits per heavy atom. The highest BCUT2D eigenvalue weighted by molar-refractivity contribution is 5.92. The van der Waals surface area contributed by atoms with Gasteiger partial charge in [-0.1, -0.05) is 18.2 Å². The molecule has 2 aromatic rings. The average molecular weight is 362 g/mol. The van der Waals surface area contributed by atoms with Crippen molar-refractivity contribution < 1.29 is 0 Å². The third kappa shape index (κ3) is 3.72. The number of nitrogens with zero attached hydrogens (tertiary/aromatic N) is 4. The zero-order valence-corrected chi connectivity index (χ0v) is 15.7. The van der Waals surface area contributed by atoms with Crippen molar-refractivity contribution in [1.82, 2.24) is 4.90 Å². The van der Waals surface area contributed by atoms with Crippen molar-refractivity contribution in [3.05, 3.63) is 42.0 Å². The molecule has 0 saturated heterocycles. The molecule has 0 aromatic heterocycles. The van der Waals surface area contributed by atoms with Gasteiger partial charge in [-0.05, 0) is 41.9 Å². The Bertz CT molecular complexity index is 902. The molecule has 2 aromatic carbocycles. The van der Waals surface area contributed by atoms with Crippen LogP contribution >= 0.6 is 0 Å². The average Bonchev–Trinajstić information content (AvgIpc) is 3.05. The minimum Gasteiger partial charge on any atom is -0.387 e. The molecule has 27 heavy (non-hydrogen) atoms. The van der Waals surface area contributed by atoms with E-state index in [0.717, 1.165) is 49.5 Å². The van der Waals surface area contributed by atoms with Crippen molar-refractivity contribution in [2.45, 2.75) is 6.42 Å². The Labute approximate surface area is 160 Å². The predicted octanol–water partition coefficient (Wildman–Crippen LogP) is 2.31. The molecule has 0 saturated carbocycles. The van der Waals surface area contributed by atoms with E-state index >= 15 is 0 Å². The third-order valence-electron chi connectivity index (χ3n) is 5.17. The highest BCUT2D eigenvalue weighted by Gasteiger charge is 2.17. The van der Waals surface area contributed by atoms with E-state index in [4.69, 9.17) is 11.5 Å². The zero-order valence-electron chi connectivity index (χ0n) is 15.7. The summed E-state index contributed by atoms with van der Waals surface area (Å²) in [5, 5.41) is 0. The molecule has 4 N–H and O–H groups in total. The highest BCUT2D eigenvalue weighted by Crippen LogP contribution is 2.37. The van der Waals surface area contributed by atoms with Crippen molar-refractivity contribution in [3.63, 3.8) is 0 Å². The largest absolute Gasteiger partial charge is 0.387 e. The van der Waals surface area contributed by atoms with E-state index in [1.807, 2.05) is 6.21 Å². The van der Waals surface area contributed by atoms with Gasteiger partial charge in [-0.15, -0.1) is 0 Å². The number of amidine groups is 1. The minimum absolute atomic E-state index is 0.685. The van der Waals surface area contributed by atoms with Gasteiger partial charge in [0.05, 0.1) is 23.6 Å². The van der Waals surface area contributed by atoms with Gasteiger partial charge in [0, 0.05) is 38.8 Å². The Hall–Kier alpha value is -2.70. The molecule has 0 fully saturated rings. The Balaban J connectivity index is 1.59. The minimum atomic E-state index is 0.685. The molecule has 0 radical (unpaired) electrons. The zero-order chi connectivity index (χ0) is 18.8. The summed E-state index contributed by atoms with van der Waals surface area (Å²) in [6, 6.07) is 12.9. The summed E-state index contributed by atoms with van der Waals surface area (Å²) >= 11 is 0. The SMILES string of the molecule is CN(CCN)CCN1CC=Nc2ccc(-c3ccc4c(c3)N=C(N)C4)cc21. The van der Waals surface area contributed by atoms with E-state index in [0.29, 0.717) is 12.4 Å². The van der Waals surface area contributed by atoms with Crippen molar-refractivity contribution in [2.24, 2.45) is 21.5 Å². The number of rotatable bonds is 6. The van der Waals surface area contributed by atoms with E-state index in [-0.39, 0.29) is 0 Å². The van der Waals surface area contributed by atoms with Gasteiger partial charge >= 0.3 is 0 Å². The monoisotopic (exact) mass is 362 g/mol. The number of fused-ring (bicyclic) bond motifs is 2. The summed E-state index contributed by atoms with van der Waals surface area (Å²) in [6.07, 6.45) is 2.73. The van der Waals surface area contributed by atoms with E-state index in [2.05, 4.69) is 63.2 Å².